The number of fused-ring (bicyclic) bond motifs is 1. The largest absolute Gasteiger partial charge is 1.00 e. The molecule has 0 unspecified atom stereocenters. The zero-order valence-electron chi connectivity index (χ0n) is 11.0. The van der Waals surface area contributed by atoms with E-state index >= 15 is 0 Å². The standard InChI is InChI=1S/C12H8ClF3O4.Na/c1-19-6-2-5-3-7(11(17)18)10(12(14,15)16)20-9(5)8(13)4-6;/h2-4,10H,1H3,(H,17,18);/q;+1/p-1/t10-;/m0./s1. The van der Waals surface area contributed by atoms with E-state index < -0.39 is 23.8 Å². The predicted molar refractivity (Wildman–Crippen MR) is 61.5 cm³/mol. The van der Waals surface area contributed by atoms with E-state index in [4.69, 9.17) is 21.1 Å². The molecule has 0 aliphatic carbocycles. The number of rotatable bonds is 2. The summed E-state index contributed by atoms with van der Waals surface area (Å²) in [6, 6.07) is 2.59. The van der Waals surface area contributed by atoms with Gasteiger partial charge in [0.25, 0.3) is 0 Å². The fourth-order valence-corrected chi connectivity index (χ4v) is 2.03. The molecule has 108 valence electrons. The minimum absolute atomic E-state index is 0. The summed E-state index contributed by atoms with van der Waals surface area (Å²) in [6.45, 7) is 0. The summed E-state index contributed by atoms with van der Waals surface area (Å²) in [5.41, 5.74) is -0.941. The third-order valence-electron chi connectivity index (χ3n) is 2.64. The summed E-state index contributed by atoms with van der Waals surface area (Å²) in [5.74, 6) is -1.95. The molecule has 4 nitrogen and oxygen atoms in total. The number of hydrogen-bond acceptors (Lipinski definition) is 4. The van der Waals surface area contributed by atoms with Gasteiger partial charge in [-0.1, -0.05) is 11.6 Å². The van der Waals surface area contributed by atoms with Gasteiger partial charge in [0.2, 0.25) is 6.10 Å². The van der Waals surface area contributed by atoms with Crippen LogP contribution in [0.3, 0.4) is 0 Å². The normalized spacial score (nSPS) is 17.0. The first-order valence-corrected chi connectivity index (χ1v) is 5.65. The summed E-state index contributed by atoms with van der Waals surface area (Å²) in [4.78, 5) is 10.8. The van der Waals surface area contributed by atoms with Gasteiger partial charge in [-0.05, 0) is 12.1 Å². The molecule has 21 heavy (non-hydrogen) atoms. The Morgan fingerprint density at radius 2 is 2.05 bits per heavy atom. The number of aliphatic carboxylic acids is 1. The second-order valence-corrected chi connectivity index (χ2v) is 4.36. The molecule has 0 radical (unpaired) electrons. The van der Waals surface area contributed by atoms with Gasteiger partial charge in [0, 0.05) is 17.2 Å². The van der Waals surface area contributed by atoms with Gasteiger partial charge in [-0.15, -0.1) is 0 Å². The number of hydrogen-bond donors (Lipinski definition) is 0. The summed E-state index contributed by atoms with van der Waals surface area (Å²) in [5, 5.41) is 10.7. The van der Waals surface area contributed by atoms with Crippen molar-refractivity contribution in [3.05, 3.63) is 28.3 Å². The molecule has 1 atom stereocenters. The second kappa shape index (κ2) is 6.48. The number of carboxylic acid groups (broad SMARTS) is 1. The molecule has 1 aliphatic rings. The SMILES string of the molecule is COc1cc(Cl)c2c(c1)C=C(C(=O)[O-])[C@@H](C(F)(F)F)O2.[Na+]. The molecule has 0 saturated heterocycles. The molecule has 1 aromatic carbocycles. The third kappa shape index (κ3) is 3.66. The average Bonchev–Trinajstić information content (AvgIpc) is 2.35. The molecule has 0 amide bonds. The monoisotopic (exact) mass is 330 g/mol. The van der Waals surface area contributed by atoms with Crippen LogP contribution in [0.5, 0.6) is 11.5 Å². The number of methoxy groups -OCH3 is 1. The van der Waals surface area contributed by atoms with Crippen molar-refractivity contribution in [3.8, 4) is 11.5 Å². The van der Waals surface area contributed by atoms with Crippen molar-refractivity contribution in [2.75, 3.05) is 7.11 Å². The maximum absolute atomic E-state index is 12.8. The zero-order chi connectivity index (χ0) is 15.1. The van der Waals surface area contributed by atoms with Gasteiger partial charge in [0.1, 0.15) is 11.5 Å². The number of ether oxygens (including phenoxy) is 2. The zero-order valence-corrected chi connectivity index (χ0v) is 13.7. The Balaban J connectivity index is 0.00000220. The summed E-state index contributed by atoms with van der Waals surface area (Å²) in [6.07, 6.45) is -6.70. The maximum atomic E-state index is 12.8. The number of carbonyl (C=O) groups is 1. The van der Waals surface area contributed by atoms with Gasteiger partial charge in [-0.25, -0.2) is 0 Å². The molecule has 1 aromatic rings. The molecule has 2 rings (SSSR count). The van der Waals surface area contributed by atoms with Crippen molar-refractivity contribution in [2.24, 2.45) is 0 Å². The van der Waals surface area contributed by atoms with Crippen molar-refractivity contribution >= 4 is 23.6 Å². The molecule has 0 saturated carbocycles. The van der Waals surface area contributed by atoms with Gasteiger partial charge in [0.15, 0.2) is 0 Å². The fraction of sp³-hybridized carbons (Fsp3) is 0.250. The van der Waals surface area contributed by atoms with Gasteiger partial charge in [-0.2, -0.15) is 13.2 Å². The van der Waals surface area contributed by atoms with Crippen LogP contribution in [0.1, 0.15) is 5.56 Å². The molecule has 0 N–H and O–H groups in total. The number of carbonyl (C=O) groups excluding carboxylic acids is 1. The van der Waals surface area contributed by atoms with Crippen LogP contribution in [0.2, 0.25) is 5.02 Å². The number of benzene rings is 1. The van der Waals surface area contributed by atoms with E-state index in [-0.39, 0.29) is 51.6 Å². The van der Waals surface area contributed by atoms with Crippen LogP contribution >= 0.6 is 11.6 Å². The Bertz CT molecular complexity index is 601. The first-order chi connectivity index (χ1) is 9.24. The minimum atomic E-state index is -4.90. The minimum Gasteiger partial charge on any atom is -0.545 e. The molecule has 0 spiro atoms. The summed E-state index contributed by atoms with van der Waals surface area (Å²) in [7, 11) is 1.34. The number of halogens is 4. The van der Waals surface area contributed by atoms with Crippen LogP contribution in [-0.4, -0.2) is 25.4 Å². The molecule has 1 heterocycles. The van der Waals surface area contributed by atoms with Gasteiger partial charge in [0.05, 0.1) is 18.1 Å². The molecular weight excluding hydrogens is 324 g/mol. The van der Waals surface area contributed by atoms with Crippen LogP contribution in [-0.2, 0) is 4.79 Å². The van der Waals surface area contributed by atoms with Crippen LogP contribution in [0, 0.1) is 0 Å². The molecule has 9 heteroatoms. The Kier molecular flexibility index (Phi) is 5.60. The number of alkyl halides is 3. The maximum Gasteiger partial charge on any atom is 1.00 e. The molecule has 0 aromatic heterocycles. The van der Waals surface area contributed by atoms with Crippen molar-refractivity contribution in [1.82, 2.24) is 0 Å². The van der Waals surface area contributed by atoms with Gasteiger partial charge in [-0.3, -0.25) is 0 Å². The topological polar surface area (TPSA) is 58.6 Å². The van der Waals surface area contributed by atoms with Crippen molar-refractivity contribution in [1.29, 1.82) is 0 Å². The van der Waals surface area contributed by atoms with E-state index in [2.05, 4.69) is 0 Å². The van der Waals surface area contributed by atoms with E-state index in [1.807, 2.05) is 0 Å². The Morgan fingerprint density at radius 1 is 1.43 bits per heavy atom. The summed E-state index contributed by atoms with van der Waals surface area (Å²) >= 11 is 5.80. The Hall–Kier alpha value is -0.890. The smallest absolute Gasteiger partial charge is 0.545 e. The first-order valence-electron chi connectivity index (χ1n) is 5.28. The third-order valence-corrected chi connectivity index (χ3v) is 2.92. The van der Waals surface area contributed by atoms with Crippen LogP contribution in [0.25, 0.3) is 6.08 Å². The van der Waals surface area contributed by atoms with Crippen LogP contribution < -0.4 is 44.1 Å². The fourth-order valence-electron chi connectivity index (χ4n) is 1.77. The van der Waals surface area contributed by atoms with Gasteiger partial charge < -0.3 is 19.4 Å². The van der Waals surface area contributed by atoms with Gasteiger partial charge >= 0.3 is 35.7 Å². The van der Waals surface area contributed by atoms with Crippen molar-refractivity contribution in [2.45, 2.75) is 12.3 Å². The van der Waals surface area contributed by atoms with E-state index in [1.54, 1.807) is 0 Å². The predicted octanol–water partition coefficient (Wildman–Crippen LogP) is -1.19. The van der Waals surface area contributed by atoms with E-state index in [0.29, 0.717) is 0 Å². The first kappa shape index (κ1) is 18.2. The Morgan fingerprint density at radius 3 is 2.52 bits per heavy atom. The molecular formula is C12H7ClF3NaO4. The number of carboxylic acids is 1. The second-order valence-electron chi connectivity index (χ2n) is 3.95. The van der Waals surface area contributed by atoms with Crippen molar-refractivity contribution in [3.63, 3.8) is 0 Å². The quantitative estimate of drug-likeness (QED) is 0.640. The van der Waals surface area contributed by atoms with E-state index in [9.17, 15) is 23.1 Å². The van der Waals surface area contributed by atoms with Crippen molar-refractivity contribution < 1.29 is 62.1 Å². The molecule has 1 aliphatic heterocycles. The van der Waals surface area contributed by atoms with Crippen LogP contribution in [0.15, 0.2) is 17.7 Å². The molecule has 0 bridgehead atoms. The van der Waals surface area contributed by atoms with E-state index in [1.165, 1.54) is 19.2 Å². The van der Waals surface area contributed by atoms with E-state index in [0.717, 1.165) is 6.08 Å². The van der Waals surface area contributed by atoms with Crippen LogP contribution in [0.4, 0.5) is 13.2 Å². The summed E-state index contributed by atoms with van der Waals surface area (Å²) < 4.78 is 48.0. The Labute approximate surface area is 144 Å². The molecule has 0 fully saturated rings. The average molecular weight is 331 g/mol.